The fraction of sp³-hybridized carbons (Fsp3) is 0.556. The van der Waals surface area contributed by atoms with Gasteiger partial charge >= 0.3 is 0 Å². The first-order valence-corrected chi connectivity index (χ1v) is 4.11. The molecule has 1 heterocycles. The van der Waals surface area contributed by atoms with Crippen molar-refractivity contribution in [3.63, 3.8) is 0 Å². The summed E-state index contributed by atoms with van der Waals surface area (Å²) in [7, 11) is 0. The minimum atomic E-state index is -1.62. The molecule has 1 rings (SSSR count). The first kappa shape index (κ1) is 9.29. The van der Waals surface area contributed by atoms with E-state index in [2.05, 4.69) is 0 Å². The van der Waals surface area contributed by atoms with Crippen molar-refractivity contribution in [3.05, 3.63) is 24.2 Å². The summed E-state index contributed by atoms with van der Waals surface area (Å²) in [6.45, 7) is 1.91. The van der Waals surface area contributed by atoms with Gasteiger partial charge in [-0.2, -0.15) is 0 Å². The maximum Gasteiger partial charge on any atom is 0.169 e. The van der Waals surface area contributed by atoms with Gasteiger partial charge in [0.05, 0.1) is 12.7 Å². The van der Waals surface area contributed by atoms with Crippen molar-refractivity contribution in [2.45, 2.75) is 32.0 Å². The van der Waals surface area contributed by atoms with Gasteiger partial charge < -0.3 is 14.6 Å². The smallest absolute Gasteiger partial charge is 0.169 e. The first-order chi connectivity index (χ1) is 5.64. The standard InChI is InChI=1S/C9H14O3/c1-2-5-9(10,11)7-8-4-3-6-12-8/h3-4,6,10-11H,2,5,7H2,1H3. The van der Waals surface area contributed by atoms with Crippen LogP contribution in [-0.2, 0) is 6.42 Å². The van der Waals surface area contributed by atoms with Gasteiger partial charge in [-0.15, -0.1) is 0 Å². The van der Waals surface area contributed by atoms with E-state index in [1.807, 2.05) is 6.92 Å². The number of aliphatic hydroxyl groups is 2. The molecule has 68 valence electrons. The predicted molar refractivity (Wildman–Crippen MR) is 44.5 cm³/mol. The third-order valence-electron chi connectivity index (χ3n) is 1.69. The van der Waals surface area contributed by atoms with Gasteiger partial charge in [-0.05, 0) is 12.1 Å². The molecule has 2 N–H and O–H groups in total. The van der Waals surface area contributed by atoms with Crippen LogP contribution in [0.25, 0.3) is 0 Å². The third-order valence-corrected chi connectivity index (χ3v) is 1.69. The van der Waals surface area contributed by atoms with Crippen LogP contribution in [-0.4, -0.2) is 16.0 Å². The first-order valence-electron chi connectivity index (χ1n) is 4.11. The van der Waals surface area contributed by atoms with Crippen LogP contribution in [0.2, 0.25) is 0 Å². The quantitative estimate of drug-likeness (QED) is 0.670. The maximum atomic E-state index is 9.38. The molecule has 3 heteroatoms. The summed E-state index contributed by atoms with van der Waals surface area (Å²) in [4.78, 5) is 0. The van der Waals surface area contributed by atoms with Crippen LogP contribution in [0.5, 0.6) is 0 Å². The molecule has 0 amide bonds. The summed E-state index contributed by atoms with van der Waals surface area (Å²) in [6.07, 6.45) is 2.80. The van der Waals surface area contributed by atoms with Crippen LogP contribution in [0.3, 0.4) is 0 Å². The topological polar surface area (TPSA) is 53.6 Å². The van der Waals surface area contributed by atoms with Crippen molar-refractivity contribution in [1.29, 1.82) is 0 Å². The SMILES string of the molecule is CCCC(O)(O)Cc1ccco1. The van der Waals surface area contributed by atoms with Gasteiger partial charge in [0.25, 0.3) is 0 Å². The van der Waals surface area contributed by atoms with Crippen LogP contribution < -0.4 is 0 Å². The summed E-state index contributed by atoms with van der Waals surface area (Å²) < 4.78 is 5.00. The zero-order chi connectivity index (χ0) is 9.03. The van der Waals surface area contributed by atoms with Gasteiger partial charge in [0.1, 0.15) is 5.76 Å². The zero-order valence-corrected chi connectivity index (χ0v) is 7.16. The molecule has 0 radical (unpaired) electrons. The maximum absolute atomic E-state index is 9.38. The molecule has 1 aromatic rings. The second kappa shape index (κ2) is 3.74. The highest BCUT2D eigenvalue weighted by molar-refractivity contribution is 5.00. The fourth-order valence-electron chi connectivity index (χ4n) is 1.18. The number of hydrogen-bond acceptors (Lipinski definition) is 3. The van der Waals surface area contributed by atoms with Crippen LogP contribution >= 0.6 is 0 Å². The van der Waals surface area contributed by atoms with E-state index in [4.69, 9.17) is 4.42 Å². The molecule has 0 aromatic carbocycles. The largest absolute Gasteiger partial charge is 0.469 e. The summed E-state index contributed by atoms with van der Waals surface area (Å²) in [5.74, 6) is -1.01. The highest BCUT2D eigenvalue weighted by Gasteiger charge is 2.23. The molecule has 0 saturated carbocycles. The number of furan rings is 1. The Hall–Kier alpha value is -0.800. The predicted octanol–water partition coefficient (Wildman–Crippen LogP) is 1.30. The molecule has 0 saturated heterocycles. The van der Waals surface area contributed by atoms with Crippen molar-refractivity contribution in [2.24, 2.45) is 0 Å². The lowest BCUT2D eigenvalue weighted by molar-refractivity contribution is -0.166. The minimum absolute atomic E-state index is 0.161. The van der Waals surface area contributed by atoms with Gasteiger partial charge in [0.15, 0.2) is 5.79 Å². The Morgan fingerprint density at radius 3 is 2.75 bits per heavy atom. The van der Waals surface area contributed by atoms with Gasteiger partial charge in [0.2, 0.25) is 0 Å². The average Bonchev–Trinajstić information content (AvgIpc) is 2.38. The van der Waals surface area contributed by atoms with E-state index >= 15 is 0 Å². The van der Waals surface area contributed by atoms with Gasteiger partial charge in [-0.25, -0.2) is 0 Å². The molecule has 12 heavy (non-hydrogen) atoms. The molecule has 0 aliphatic heterocycles. The van der Waals surface area contributed by atoms with Crippen LogP contribution in [0.4, 0.5) is 0 Å². The van der Waals surface area contributed by atoms with Gasteiger partial charge in [-0.1, -0.05) is 13.3 Å². The van der Waals surface area contributed by atoms with E-state index in [0.29, 0.717) is 12.2 Å². The minimum Gasteiger partial charge on any atom is -0.469 e. The molecule has 0 atom stereocenters. The van der Waals surface area contributed by atoms with E-state index in [1.54, 1.807) is 12.1 Å². The Kier molecular flexibility index (Phi) is 2.89. The normalized spacial score (nSPS) is 11.9. The lowest BCUT2D eigenvalue weighted by Crippen LogP contribution is -2.30. The Balaban J connectivity index is 2.50. The van der Waals surface area contributed by atoms with E-state index < -0.39 is 5.79 Å². The number of rotatable bonds is 4. The summed E-state index contributed by atoms with van der Waals surface area (Å²) in [6, 6.07) is 3.47. The van der Waals surface area contributed by atoms with Crippen molar-refractivity contribution in [1.82, 2.24) is 0 Å². The van der Waals surface area contributed by atoms with Crippen LogP contribution in [0, 0.1) is 0 Å². The number of hydrogen-bond donors (Lipinski definition) is 2. The average molecular weight is 170 g/mol. The molecule has 0 unspecified atom stereocenters. The zero-order valence-electron chi connectivity index (χ0n) is 7.16. The molecule has 0 bridgehead atoms. The molecule has 0 aliphatic carbocycles. The third kappa shape index (κ3) is 2.68. The van der Waals surface area contributed by atoms with Crippen molar-refractivity contribution in [3.8, 4) is 0 Å². The molecular formula is C9H14O3. The lowest BCUT2D eigenvalue weighted by atomic mass is 10.1. The van der Waals surface area contributed by atoms with Gasteiger partial charge in [-0.3, -0.25) is 0 Å². The molecule has 0 aliphatic rings. The Labute approximate surface area is 71.6 Å². The van der Waals surface area contributed by atoms with E-state index in [9.17, 15) is 10.2 Å². The molecular weight excluding hydrogens is 156 g/mol. The van der Waals surface area contributed by atoms with Crippen LogP contribution in [0.15, 0.2) is 22.8 Å². The molecule has 0 fully saturated rings. The highest BCUT2D eigenvalue weighted by Crippen LogP contribution is 2.16. The molecule has 1 aromatic heterocycles. The fourth-order valence-corrected chi connectivity index (χ4v) is 1.18. The Bertz CT molecular complexity index is 214. The van der Waals surface area contributed by atoms with Crippen molar-refractivity contribution in [2.75, 3.05) is 0 Å². The van der Waals surface area contributed by atoms with E-state index in [-0.39, 0.29) is 6.42 Å². The monoisotopic (exact) mass is 170 g/mol. The summed E-state index contributed by atoms with van der Waals surface area (Å²) >= 11 is 0. The highest BCUT2D eigenvalue weighted by atomic mass is 16.5. The van der Waals surface area contributed by atoms with Crippen molar-refractivity contribution < 1.29 is 14.6 Å². The summed E-state index contributed by atoms with van der Waals surface area (Å²) in [5, 5.41) is 18.8. The second-order valence-electron chi connectivity index (χ2n) is 2.99. The van der Waals surface area contributed by atoms with Crippen molar-refractivity contribution >= 4 is 0 Å². The van der Waals surface area contributed by atoms with Gasteiger partial charge in [0, 0.05) is 6.42 Å². The van der Waals surface area contributed by atoms with Crippen LogP contribution in [0.1, 0.15) is 25.5 Å². The lowest BCUT2D eigenvalue weighted by Gasteiger charge is -2.19. The Morgan fingerprint density at radius 2 is 2.25 bits per heavy atom. The van der Waals surface area contributed by atoms with E-state index in [1.165, 1.54) is 6.26 Å². The summed E-state index contributed by atoms with van der Waals surface area (Å²) in [5.41, 5.74) is 0. The second-order valence-corrected chi connectivity index (χ2v) is 2.99. The van der Waals surface area contributed by atoms with E-state index in [0.717, 1.165) is 6.42 Å². The molecule has 3 nitrogen and oxygen atoms in total. The molecule has 0 spiro atoms. The Morgan fingerprint density at radius 1 is 1.50 bits per heavy atom.